The summed E-state index contributed by atoms with van der Waals surface area (Å²) in [4.78, 5) is 17.6. The molecule has 9 heteroatoms. The van der Waals surface area contributed by atoms with Gasteiger partial charge in [0.25, 0.3) is 0 Å². The van der Waals surface area contributed by atoms with Crippen LogP contribution in [0.5, 0.6) is 0 Å². The van der Waals surface area contributed by atoms with Crippen molar-refractivity contribution in [3.8, 4) is 0 Å². The second-order valence-corrected chi connectivity index (χ2v) is 7.96. The van der Waals surface area contributed by atoms with Gasteiger partial charge in [0, 0.05) is 24.7 Å². The third kappa shape index (κ3) is 3.72. The van der Waals surface area contributed by atoms with E-state index in [1.807, 2.05) is 6.07 Å². The molecule has 8 nitrogen and oxygen atoms in total. The number of nitrogens with zero attached hydrogens (tertiary/aromatic N) is 7. The predicted octanol–water partition coefficient (Wildman–Crippen LogP) is 2.45. The molecule has 1 aliphatic rings. The van der Waals surface area contributed by atoms with Gasteiger partial charge < -0.3 is 9.64 Å². The normalized spacial score (nSPS) is 15.5. The molecule has 3 aromatic heterocycles. The molecule has 0 atom stereocenters. The fraction of sp³-hybridized carbons (Fsp3) is 0.500. The first-order valence-electron chi connectivity index (χ1n) is 8.97. The summed E-state index contributed by atoms with van der Waals surface area (Å²) in [7, 11) is 0. The summed E-state index contributed by atoms with van der Waals surface area (Å²) in [6.07, 6.45) is 1.71. The van der Waals surface area contributed by atoms with Crippen LogP contribution in [0.1, 0.15) is 32.3 Å². The number of pyridine rings is 1. The lowest BCUT2D eigenvalue weighted by molar-refractivity contribution is 0.122. The van der Waals surface area contributed by atoms with Crippen molar-refractivity contribution < 1.29 is 4.74 Å². The summed E-state index contributed by atoms with van der Waals surface area (Å²) in [6.45, 7) is 9.55. The first-order chi connectivity index (χ1) is 12.9. The maximum absolute atomic E-state index is 6.23. The highest BCUT2D eigenvalue weighted by Crippen LogP contribution is 2.27. The van der Waals surface area contributed by atoms with Crippen molar-refractivity contribution in [3.63, 3.8) is 0 Å². The molecule has 4 heterocycles. The fourth-order valence-electron chi connectivity index (χ4n) is 2.91. The van der Waals surface area contributed by atoms with Gasteiger partial charge in [-0.2, -0.15) is 4.80 Å². The van der Waals surface area contributed by atoms with Crippen molar-refractivity contribution in [2.24, 2.45) is 0 Å². The molecule has 0 amide bonds. The van der Waals surface area contributed by atoms with Crippen LogP contribution in [0.4, 0.5) is 5.82 Å². The smallest absolute Gasteiger partial charge is 0.207 e. The van der Waals surface area contributed by atoms with E-state index in [1.165, 1.54) is 0 Å². The van der Waals surface area contributed by atoms with E-state index < -0.39 is 0 Å². The number of aromatic nitrogens is 6. The first kappa shape index (κ1) is 18.1. The molecule has 0 aliphatic carbocycles. The molecule has 0 aromatic carbocycles. The summed E-state index contributed by atoms with van der Waals surface area (Å²) in [5.41, 5.74) is 1.81. The Balaban J connectivity index is 1.79. The summed E-state index contributed by atoms with van der Waals surface area (Å²) >= 11 is 6.23. The molecule has 4 rings (SSSR count). The summed E-state index contributed by atoms with van der Waals surface area (Å²) in [6, 6.07) is 3.61. The second kappa shape index (κ2) is 7.01. The fourth-order valence-corrected chi connectivity index (χ4v) is 3.09. The van der Waals surface area contributed by atoms with Crippen LogP contribution in [-0.2, 0) is 16.7 Å². The van der Waals surface area contributed by atoms with Crippen LogP contribution in [0.2, 0.25) is 5.02 Å². The summed E-state index contributed by atoms with van der Waals surface area (Å²) in [5, 5.41) is 9.81. The van der Waals surface area contributed by atoms with Crippen molar-refractivity contribution in [2.45, 2.75) is 32.7 Å². The Morgan fingerprint density at radius 2 is 1.93 bits per heavy atom. The molecular formula is C18H22ClN7O. The molecule has 0 N–H and O–H groups in total. The second-order valence-electron chi connectivity index (χ2n) is 7.55. The Morgan fingerprint density at radius 3 is 2.63 bits per heavy atom. The van der Waals surface area contributed by atoms with Crippen LogP contribution in [0.25, 0.3) is 11.2 Å². The molecule has 27 heavy (non-hydrogen) atoms. The van der Waals surface area contributed by atoms with E-state index in [9.17, 15) is 0 Å². The van der Waals surface area contributed by atoms with Gasteiger partial charge in [0.05, 0.1) is 23.9 Å². The van der Waals surface area contributed by atoms with Crippen LogP contribution in [0, 0.1) is 0 Å². The molecule has 1 fully saturated rings. The number of ether oxygens (including phenoxy) is 1. The average Bonchev–Trinajstić information content (AvgIpc) is 3.05. The topological polar surface area (TPSA) is 81.9 Å². The van der Waals surface area contributed by atoms with Gasteiger partial charge in [0.2, 0.25) is 5.65 Å². The van der Waals surface area contributed by atoms with Crippen molar-refractivity contribution in [2.75, 3.05) is 31.2 Å². The van der Waals surface area contributed by atoms with E-state index in [1.54, 1.807) is 17.1 Å². The van der Waals surface area contributed by atoms with Gasteiger partial charge >= 0.3 is 0 Å². The van der Waals surface area contributed by atoms with Crippen molar-refractivity contribution in [3.05, 3.63) is 34.9 Å². The lowest BCUT2D eigenvalue weighted by Crippen LogP contribution is -2.37. The minimum Gasteiger partial charge on any atom is -0.378 e. The van der Waals surface area contributed by atoms with Gasteiger partial charge in [-0.3, -0.25) is 4.98 Å². The number of hydrogen-bond acceptors (Lipinski definition) is 7. The Bertz CT molecular complexity index is 960. The average molecular weight is 388 g/mol. The van der Waals surface area contributed by atoms with Gasteiger partial charge in [-0.05, 0) is 12.1 Å². The van der Waals surface area contributed by atoms with E-state index in [2.05, 4.69) is 45.8 Å². The van der Waals surface area contributed by atoms with Crippen LogP contribution in [0.3, 0.4) is 0 Å². The minimum atomic E-state index is -0.191. The van der Waals surface area contributed by atoms with Gasteiger partial charge in [0.1, 0.15) is 12.4 Å². The van der Waals surface area contributed by atoms with Gasteiger partial charge in [0.15, 0.2) is 11.3 Å². The number of hydrogen-bond donors (Lipinski definition) is 0. The molecule has 0 unspecified atom stereocenters. The number of anilines is 1. The molecule has 0 bridgehead atoms. The SMILES string of the molecule is CC(C)(C)c1nc(N2CCOCC2)c2nn(Cc3ncccc3Cl)nc2n1. The van der Waals surface area contributed by atoms with Crippen molar-refractivity contribution in [1.82, 2.24) is 29.9 Å². The van der Waals surface area contributed by atoms with Crippen LogP contribution >= 0.6 is 11.6 Å². The van der Waals surface area contributed by atoms with Gasteiger partial charge in [-0.25, -0.2) is 9.97 Å². The zero-order chi connectivity index (χ0) is 19.0. The molecule has 0 spiro atoms. The lowest BCUT2D eigenvalue weighted by atomic mass is 9.96. The van der Waals surface area contributed by atoms with E-state index >= 15 is 0 Å². The highest BCUT2D eigenvalue weighted by Gasteiger charge is 2.25. The molecule has 3 aromatic rings. The minimum absolute atomic E-state index is 0.191. The number of halogens is 1. The predicted molar refractivity (Wildman–Crippen MR) is 103 cm³/mol. The monoisotopic (exact) mass is 387 g/mol. The molecule has 1 saturated heterocycles. The summed E-state index contributed by atoms with van der Waals surface area (Å²) < 4.78 is 5.48. The number of morpholine rings is 1. The third-order valence-electron chi connectivity index (χ3n) is 4.38. The van der Waals surface area contributed by atoms with E-state index in [0.29, 0.717) is 35.9 Å². The number of fused-ring (bicyclic) bond motifs is 1. The lowest BCUT2D eigenvalue weighted by Gasteiger charge is -2.28. The quantitative estimate of drug-likeness (QED) is 0.682. The highest BCUT2D eigenvalue weighted by atomic mass is 35.5. The van der Waals surface area contributed by atoms with E-state index in [0.717, 1.165) is 30.4 Å². The molecule has 142 valence electrons. The van der Waals surface area contributed by atoms with Gasteiger partial charge in [-0.15, -0.1) is 10.2 Å². The Labute approximate surface area is 162 Å². The van der Waals surface area contributed by atoms with Crippen molar-refractivity contribution >= 4 is 28.6 Å². The zero-order valence-electron chi connectivity index (χ0n) is 15.7. The Morgan fingerprint density at radius 1 is 1.15 bits per heavy atom. The standard InChI is InChI=1S/C18H22ClN7O/c1-18(2,3)17-21-15-14(16(22-17)25-7-9-27-10-8-25)23-26(24-15)11-13-12(19)5-4-6-20-13/h4-6H,7-11H2,1-3H3. The maximum atomic E-state index is 6.23. The zero-order valence-corrected chi connectivity index (χ0v) is 16.4. The maximum Gasteiger partial charge on any atom is 0.207 e. The first-order valence-corrected chi connectivity index (χ1v) is 9.35. The van der Waals surface area contributed by atoms with Crippen LogP contribution < -0.4 is 4.90 Å². The largest absolute Gasteiger partial charge is 0.378 e. The van der Waals surface area contributed by atoms with Crippen molar-refractivity contribution in [1.29, 1.82) is 0 Å². The van der Waals surface area contributed by atoms with Crippen LogP contribution in [0.15, 0.2) is 18.3 Å². The molecule has 0 radical (unpaired) electrons. The highest BCUT2D eigenvalue weighted by molar-refractivity contribution is 6.31. The Kier molecular flexibility index (Phi) is 4.69. The molecule has 0 saturated carbocycles. The van der Waals surface area contributed by atoms with E-state index in [4.69, 9.17) is 21.3 Å². The molecular weight excluding hydrogens is 366 g/mol. The molecule has 1 aliphatic heterocycles. The third-order valence-corrected chi connectivity index (χ3v) is 4.72. The summed E-state index contributed by atoms with van der Waals surface area (Å²) in [5.74, 6) is 1.56. The number of rotatable bonds is 3. The Hall–Kier alpha value is -2.32. The van der Waals surface area contributed by atoms with Gasteiger partial charge in [-0.1, -0.05) is 32.4 Å². The van der Waals surface area contributed by atoms with Crippen LogP contribution in [-0.4, -0.2) is 56.2 Å². The van der Waals surface area contributed by atoms with E-state index in [-0.39, 0.29) is 5.41 Å².